The molecule has 2 fully saturated rings. The van der Waals surface area contributed by atoms with E-state index in [0.29, 0.717) is 50.6 Å². The van der Waals surface area contributed by atoms with Crippen LogP contribution in [0.2, 0.25) is 0 Å². The van der Waals surface area contributed by atoms with Gasteiger partial charge in [0.15, 0.2) is 0 Å². The Bertz CT molecular complexity index is 1050. The van der Waals surface area contributed by atoms with Gasteiger partial charge >= 0.3 is 0 Å². The average Bonchev–Trinajstić information content (AvgIpc) is 3.33. The van der Waals surface area contributed by atoms with Gasteiger partial charge in [0.05, 0.1) is 18.1 Å². The van der Waals surface area contributed by atoms with Crippen molar-refractivity contribution in [3.63, 3.8) is 0 Å². The summed E-state index contributed by atoms with van der Waals surface area (Å²) in [5.41, 5.74) is 3.58. The summed E-state index contributed by atoms with van der Waals surface area (Å²) in [6.07, 6.45) is 5.58. The summed E-state index contributed by atoms with van der Waals surface area (Å²) in [5, 5.41) is 3.18. The predicted octanol–water partition coefficient (Wildman–Crippen LogP) is 3.58. The van der Waals surface area contributed by atoms with E-state index in [0.717, 1.165) is 18.4 Å². The van der Waals surface area contributed by atoms with Gasteiger partial charge in [-0.2, -0.15) is 4.31 Å². The quantitative estimate of drug-likeness (QED) is 0.640. The number of aryl methyl sites for hydroxylation is 2. The maximum Gasteiger partial charge on any atom is 0.243 e. The van der Waals surface area contributed by atoms with E-state index in [2.05, 4.69) is 36.5 Å². The highest BCUT2D eigenvalue weighted by atomic mass is 32.2. The van der Waals surface area contributed by atoms with Crippen LogP contribution in [-0.4, -0.2) is 51.5 Å². The molecule has 1 heterocycles. The number of hydrogen-bond donors (Lipinski definition) is 1. The summed E-state index contributed by atoms with van der Waals surface area (Å²) < 4.78 is 32.2. The van der Waals surface area contributed by atoms with E-state index in [1.54, 1.807) is 12.1 Å². The molecule has 2 aromatic rings. The number of benzene rings is 2. The third kappa shape index (κ3) is 5.65. The van der Waals surface area contributed by atoms with Crippen molar-refractivity contribution in [3.8, 4) is 0 Å². The smallest absolute Gasteiger partial charge is 0.243 e. The molecule has 0 aromatic heterocycles. The van der Waals surface area contributed by atoms with Crippen LogP contribution >= 0.6 is 0 Å². The number of hydrogen-bond acceptors (Lipinski definition) is 4. The molecule has 178 valence electrons. The molecule has 2 aromatic carbocycles. The van der Waals surface area contributed by atoms with Crippen molar-refractivity contribution in [2.75, 3.05) is 32.8 Å². The predicted molar refractivity (Wildman–Crippen MR) is 129 cm³/mol. The molecule has 1 aliphatic heterocycles. The summed E-state index contributed by atoms with van der Waals surface area (Å²) in [5.74, 6) is 0.0407. The number of amides is 1. The second-order valence-electron chi connectivity index (χ2n) is 9.29. The van der Waals surface area contributed by atoms with Gasteiger partial charge in [0.1, 0.15) is 0 Å². The SMILES string of the molecule is Cc1cccc(C2(CNC(=O)CCc3ccc(S(=O)(=O)N4CCOCC4)cc3)CCCC2)c1. The van der Waals surface area contributed by atoms with E-state index in [4.69, 9.17) is 4.74 Å². The highest BCUT2D eigenvalue weighted by Crippen LogP contribution is 2.40. The number of nitrogens with zero attached hydrogens (tertiary/aromatic N) is 1. The fraction of sp³-hybridized carbons (Fsp3) is 0.500. The van der Waals surface area contributed by atoms with Gasteiger partial charge in [0.2, 0.25) is 15.9 Å². The Labute approximate surface area is 197 Å². The van der Waals surface area contributed by atoms with Crippen molar-refractivity contribution in [1.82, 2.24) is 9.62 Å². The Hall–Kier alpha value is -2.22. The first-order chi connectivity index (χ1) is 15.9. The van der Waals surface area contributed by atoms with Gasteiger partial charge in [0.25, 0.3) is 0 Å². The Balaban J connectivity index is 1.31. The molecule has 1 saturated heterocycles. The number of sulfonamides is 1. The number of ether oxygens (including phenoxy) is 1. The van der Waals surface area contributed by atoms with Crippen LogP contribution in [0.4, 0.5) is 0 Å². The van der Waals surface area contributed by atoms with Gasteiger partial charge in [-0.1, -0.05) is 54.8 Å². The van der Waals surface area contributed by atoms with Crippen LogP contribution in [0.25, 0.3) is 0 Å². The number of rotatable bonds is 8. The van der Waals surface area contributed by atoms with E-state index in [-0.39, 0.29) is 11.3 Å². The third-order valence-electron chi connectivity index (χ3n) is 6.99. The van der Waals surface area contributed by atoms with Crippen molar-refractivity contribution in [2.45, 2.75) is 55.8 Å². The molecule has 33 heavy (non-hydrogen) atoms. The molecule has 0 radical (unpaired) electrons. The Morgan fingerprint density at radius 1 is 1.06 bits per heavy atom. The minimum absolute atomic E-state index is 0.0389. The van der Waals surface area contributed by atoms with E-state index >= 15 is 0 Å². The van der Waals surface area contributed by atoms with Crippen molar-refractivity contribution >= 4 is 15.9 Å². The fourth-order valence-electron chi connectivity index (χ4n) is 4.97. The first-order valence-corrected chi connectivity index (χ1v) is 13.3. The molecule has 1 aliphatic carbocycles. The lowest BCUT2D eigenvalue weighted by Gasteiger charge is -2.30. The summed E-state index contributed by atoms with van der Waals surface area (Å²) in [4.78, 5) is 12.9. The number of carbonyl (C=O) groups is 1. The topological polar surface area (TPSA) is 75.7 Å². The van der Waals surface area contributed by atoms with Gasteiger partial charge in [-0.25, -0.2) is 8.42 Å². The first-order valence-electron chi connectivity index (χ1n) is 11.9. The number of nitrogens with one attached hydrogen (secondary N) is 1. The molecule has 0 spiro atoms. The Kier molecular flexibility index (Phi) is 7.51. The van der Waals surface area contributed by atoms with Gasteiger partial charge in [-0.3, -0.25) is 4.79 Å². The maximum absolute atomic E-state index is 12.8. The Morgan fingerprint density at radius 3 is 2.42 bits per heavy atom. The van der Waals surface area contributed by atoms with Crippen LogP contribution in [0, 0.1) is 6.92 Å². The fourth-order valence-corrected chi connectivity index (χ4v) is 6.38. The maximum atomic E-state index is 12.8. The lowest BCUT2D eigenvalue weighted by atomic mass is 9.78. The summed E-state index contributed by atoms with van der Waals surface area (Å²) in [6, 6.07) is 15.6. The molecular formula is C26H34N2O4S. The van der Waals surface area contributed by atoms with Crippen molar-refractivity contribution in [1.29, 1.82) is 0 Å². The van der Waals surface area contributed by atoms with Gasteiger partial charge in [-0.05, 0) is 49.4 Å². The van der Waals surface area contributed by atoms with E-state index in [1.165, 1.54) is 28.3 Å². The van der Waals surface area contributed by atoms with Crippen LogP contribution in [0.5, 0.6) is 0 Å². The molecule has 7 heteroatoms. The normalized spacial score (nSPS) is 18.8. The molecule has 0 atom stereocenters. The van der Waals surface area contributed by atoms with Crippen LogP contribution < -0.4 is 5.32 Å². The van der Waals surface area contributed by atoms with E-state index < -0.39 is 10.0 Å². The zero-order chi connectivity index (χ0) is 23.3. The summed E-state index contributed by atoms with van der Waals surface area (Å²) in [7, 11) is -3.49. The Morgan fingerprint density at radius 2 is 1.76 bits per heavy atom. The molecule has 2 aliphatic rings. The largest absolute Gasteiger partial charge is 0.379 e. The average molecular weight is 471 g/mol. The molecule has 4 rings (SSSR count). The molecule has 6 nitrogen and oxygen atoms in total. The van der Waals surface area contributed by atoms with Gasteiger partial charge in [-0.15, -0.1) is 0 Å². The van der Waals surface area contributed by atoms with Crippen molar-refractivity contribution < 1.29 is 17.9 Å². The third-order valence-corrected chi connectivity index (χ3v) is 8.90. The van der Waals surface area contributed by atoms with Crippen molar-refractivity contribution in [3.05, 3.63) is 65.2 Å². The van der Waals surface area contributed by atoms with Gasteiger partial charge in [0, 0.05) is 31.5 Å². The standard InChI is InChI=1S/C26H34N2O4S/c1-21-5-4-6-23(19-21)26(13-2-3-14-26)20-27-25(29)12-9-22-7-10-24(11-8-22)33(30,31)28-15-17-32-18-16-28/h4-8,10-11,19H,2-3,9,12-18,20H2,1H3,(H,27,29). The first kappa shape index (κ1) is 23.9. The lowest BCUT2D eigenvalue weighted by Crippen LogP contribution is -2.40. The second kappa shape index (κ2) is 10.4. The van der Waals surface area contributed by atoms with Crippen LogP contribution in [0.3, 0.4) is 0 Å². The molecule has 0 unspecified atom stereocenters. The zero-order valence-electron chi connectivity index (χ0n) is 19.4. The van der Waals surface area contributed by atoms with Crippen LogP contribution in [0.1, 0.15) is 48.8 Å². The molecule has 1 N–H and O–H groups in total. The highest BCUT2D eigenvalue weighted by molar-refractivity contribution is 7.89. The molecule has 1 saturated carbocycles. The van der Waals surface area contributed by atoms with Gasteiger partial charge < -0.3 is 10.1 Å². The van der Waals surface area contributed by atoms with Crippen LogP contribution in [0.15, 0.2) is 53.4 Å². The summed E-state index contributed by atoms with van der Waals surface area (Å²) in [6.45, 7) is 4.41. The highest BCUT2D eigenvalue weighted by Gasteiger charge is 2.35. The second-order valence-corrected chi connectivity index (χ2v) is 11.2. The van der Waals surface area contributed by atoms with Crippen LogP contribution in [-0.2, 0) is 31.4 Å². The lowest BCUT2D eigenvalue weighted by molar-refractivity contribution is -0.121. The van der Waals surface area contributed by atoms with E-state index in [1.807, 2.05) is 12.1 Å². The number of morpholine rings is 1. The van der Waals surface area contributed by atoms with Crippen molar-refractivity contribution in [2.24, 2.45) is 0 Å². The molecule has 0 bridgehead atoms. The zero-order valence-corrected chi connectivity index (χ0v) is 20.2. The minimum atomic E-state index is -3.49. The number of carbonyl (C=O) groups excluding carboxylic acids is 1. The summed E-state index contributed by atoms with van der Waals surface area (Å²) >= 11 is 0. The van der Waals surface area contributed by atoms with E-state index in [9.17, 15) is 13.2 Å². The minimum Gasteiger partial charge on any atom is -0.379 e. The molecule has 1 amide bonds. The molecular weight excluding hydrogens is 436 g/mol. The monoisotopic (exact) mass is 470 g/mol.